The SMILES string of the molecule is CCCCN1C(=O)c2cc(C(C)(C)C)nn2[C@H](C(=O)OC)[C@H]1c1ccc(OC)c(OC)c1. The summed E-state index contributed by atoms with van der Waals surface area (Å²) in [6.07, 6.45) is 1.72. The number of nitrogens with zero attached hydrogens (tertiary/aromatic N) is 3. The van der Waals surface area contributed by atoms with Gasteiger partial charge in [0.1, 0.15) is 5.69 Å². The summed E-state index contributed by atoms with van der Waals surface area (Å²) in [4.78, 5) is 28.5. The Balaban J connectivity index is 2.24. The molecule has 2 heterocycles. The van der Waals surface area contributed by atoms with Crippen molar-refractivity contribution in [2.24, 2.45) is 0 Å². The van der Waals surface area contributed by atoms with E-state index in [9.17, 15) is 9.59 Å². The smallest absolute Gasteiger partial charge is 0.333 e. The molecule has 8 heteroatoms. The van der Waals surface area contributed by atoms with Crippen LogP contribution in [0.3, 0.4) is 0 Å². The van der Waals surface area contributed by atoms with Gasteiger partial charge in [-0.05, 0) is 30.2 Å². The first-order chi connectivity index (χ1) is 15.2. The van der Waals surface area contributed by atoms with Gasteiger partial charge in [0.05, 0.1) is 33.1 Å². The van der Waals surface area contributed by atoms with Gasteiger partial charge in [0.2, 0.25) is 0 Å². The number of rotatable bonds is 7. The van der Waals surface area contributed by atoms with Crippen LogP contribution in [0.2, 0.25) is 0 Å². The van der Waals surface area contributed by atoms with Gasteiger partial charge < -0.3 is 19.1 Å². The van der Waals surface area contributed by atoms with E-state index < -0.39 is 18.1 Å². The van der Waals surface area contributed by atoms with Gasteiger partial charge in [0.25, 0.3) is 5.91 Å². The standard InChI is InChI=1S/C24H33N3O5/c1-8-9-12-26-20(15-10-11-17(30-5)18(13-15)31-6)21(23(29)32-7)27-16(22(26)28)14-19(25-27)24(2,3)4/h10-11,13-14,20-21H,8-9,12H2,1-7H3/t20-,21+/m1/s1. The van der Waals surface area contributed by atoms with Gasteiger partial charge in [-0.2, -0.15) is 5.10 Å². The summed E-state index contributed by atoms with van der Waals surface area (Å²) >= 11 is 0. The zero-order chi connectivity index (χ0) is 23.6. The Morgan fingerprint density at radius 3 is 2.34 bits per heavy atom. The summed E-state index contributed by atoms with van der Waals surface area (Å²) in [5.41, 5.74) is 1.62. The van der Waals surface area contributed by atoms with Gasteiger partial charge in [-0.1, -0.05) is 40.2 Å². The van der Waals surface area contributed by atoms with E-state index in [2.05, 4.69) is 6.92 Å². The highest BCUT2D eigenvalue weighted by Crippen LogP contribution is 2.42. The van der Waals surface area contributed by atoms with Gasteiger partial charge in [-0.25, -0.2) is 9.48 Å². The summed E-state index contributed by atoms with van der Waals surface area (Å²) in [6.45, 7) is 8.66. The third-order valence-electron chi connectivity index (χ3n) is 5.83. The zero-order valence-electron chi connectivity index (χ0n) is 20.0. The number of hydrogen-bond donors (Lipinski definition) is 0. The lowest BCUT2D eigenvalue weighted by Gasteiger charge is -2.40. The molecule has 0 radical (unpaired) electrons. The second-order valence-corrected chi connectivity index (χ2v) is 8.99. The molecule has 0 unspecified atom stereocenters. The third-order valence-corrected chi connectivity index (χ3v) is 5.83. The summed E-state index contributed by atoms with van der Waals surface area (Å²) in [5.74, 6) is 0.492. The Hall–Kier alpha value is -3.03. The third kappa shape index (κ3) is 4.18. The predicted octanol–water partition coefficient (Wildman–Crippen LogP) is 3.91. The minimum atomic E-state index is -0.821. The highest BCUT2D eigenvalue weighted by molar-refractivity contribution is 5.96. The van der Waals surface area contributed by atoms with Crippen LogP contribution in [0.5, 0.6) is 11.5 Å². The second kappa shape index (κ2) is 9.22. The number of hydrogen-bond acceptors (Lipinski definition) is 6. The van der Waals surface area contributed by atoms with Crippen molar-refractivity contribution < 1.29 is 23.8 Å². The molecule has 1 aromatic carbocycles. The van der Waals surface area contributed by atoms with Crippen molar-refractivity contribution in [1.29, 1.82) is 0 Å². The maximum Gasteiger partial charge on any atom is 0.333 e. The number of amides is 1. The molecule has 3 rings (SSSR count). The Morgan fingerprint density at radius 1 is 1.09 bits per heavy atom. The summed E-state index contributed by atoms with van der Waals surface area (Å²) in [7, 11) is 4.48. The number of aromatic nitrogens is 2. The number of ether oxygens (including phenoxy) is 3. The molecule has 8 nitrogen and oxygen atoms in total. The van der Waals surface area contributed by atoms with E-state index in [1.165, 1.54) is 7.11 Å². The van der Waals surface area contributed by atoms with Crippen LogP contribution >= 0.6 is 0 Å². The van der Waals surface area contributed by atoms with Crippen LogP contribution in [0.15, 0.2) is 24.3 Å². The first-order valence-corrected chi connectivity index (χ1v) is 10.9. The van der Waals surface area contributed by atoms with Crippen LogP contribution in [-0.4, -0.2) is 54.4 Å². The number of carbonyl (C=O) groups excluding carboxylic acids is 2. The summed E-state index contributed by atoms with van der Waals surface area (Å²) in [6, 6.07) is 5.82. The topological polar surface area (TPSA) is 82.9 Å². The number of carbonyl (C=O) groups is 2. The maximum absolute atomic E-state index is 13.6. The molecule has 1 amide bonds. The van der Waals surface area contributed by atoms with E-state index in [1.807, 2.05) is 32.9 Å². The molecular formula is C24H33N3O5. The van der Waals surface area contributed by atoms with E-state index in [1.54, 1.807) is 35.9 Å². The van der Waals surface area contributed by atoms with E-state index >= 15 is 0 Å². The van der Waals surface area contributed by atoms with Crippen molar-refractivity contribution in [3.8, 4) is 11.5 Å². The molecule has 0 spiro atoms. The van der Waals surface area contributed by atoms with Crippen LogP contribution in [0.4, 0.5) is 0 Å². The maximum atomic E-state index is 13.6. The van der Waals surface area contributed by atoms with Gasteiger partial charge in [0.15, 0.2) is 17.5 Å². The van der Waals surface area contributed by atoms with E-state index in [-0.39, 0.29) is 11.3 Å². The molecule has 1 aliphatic heterocycles. The van der Waals surface area contributed by atoms with Crippen molar-refractivity contribution in [1.82, 2.24) is 14.7 Å². The highest BCUT2D eigenvalue weighted by Gasteiger charge is 2.46. The van der Waals surface area contributed by atoms with Crippen LogP contribution in [0.1, 0.15) is 74.4 Å². The largest absolute Gasteiger partial charge is 0.493 e. The minimum absolute atomic E-state index is 0.151. The van der Waals surface area contributed by atoms with E-state index in [4.69, 9.17) is 19.3 Å². The van der Waals surface area contributed by atoms with Gasteiger partial charge in [-0.3, -0.25) is 4.79 Å². The molecule has 1 aliphatic rings. The van der Waals surface area contributed by atoms with Crippen LogP contribution in [-0.2, 0) is 14.9 Å². The minimum Gasteiger partial charge on any atom is -0.493 e. The Labute approximate surface area is 189 Å². The van der Waals surface area contributed by atoms with Crippen molar-refractivity contribution in [2.45, 2.75) is 58.0 Å². The first kappa shape index (κ1) is 23.6. The molecule has 2 aromatic rings. The molecular weight excluding hydrogens is 410 g/mol. The molecule has 0 fully saturated rings. The average Bonchev–Trinajstić information content (AvgIpc) is 3.23. The highest BCUT2D eigenvalue weighted by atomic mass is 16.5. The molecule has 1 aromatic heterocycles. The van der Waals surface area contributed by atoms with E-state index in [0.717, 1.165) is 24.1 Å². The number of fused-ring (bicyclic) bond motifs is 1. The molecule has 0 aliphatic carbocycles. The Kier molecular flexibility index (Phi) is 6.81. The zero-order valence-corrected chi connectivity index (χ0v) is 20.0. The van der Waals surface area contributed by atoms with Crippen LogP contribution in [0, 0.1) is 0 Å². The monoisotopic (exact) mass is 443 g/mol. The lowest BCUT2D eigenvalue weighted by atomic mass is 9.91. The van der Waals surface area contributed by atoms with Gasteiger partial charge in [0, 0.05) is 12.0 Å². The number of benzene rings is 1. The fraction of sp³-hybridized carbons (Fsp3) is 0.542. The van der Waals surface area contributed by atoms with Crippen molar-refractivity contribution in [2.75, 3.05) is 27.9 Å². The summed E-state index contributed by atoms with van der Waals surface area (Å²) in [5, 5.41) is 4.70. The molecule has 0 saturated carbocycles. The predicted molar refractivity (Wildman–Crippen MR) is 120 cm³/mol. The van der Waals surface area contributed by atoms with Crippen molar-refractivity contribution in [3.63, 3.8) is 0 Å². The van der Waals surface area contributed by atoms with Gasteiger partial charge >= 0.3 is 5.97 Å². The van der Waals surface area contributed by atoms with E-state index in [0.29, 0.717) is 23.7 Å². The number of methoxy groups -OCH3 is 3. The molecule has 174 valence electrons. The number of unbranched alkanes of at least 4 members (excludes halogenated alkanes) is 1. The molecule has 0 N–H and O–H groups in total. The fourth-order valence-corrected chi connectivity index (χ4v) is 4.03. The fourth-order valence-electron chi connectivity index (χ4n) is 4.03. The molecule has 32 heavy (non-hydrogen) atoms. The van der Waals surface area contributed by atoms with Crippen LogP contribution < -0.4 is 9.47 Å². The molecule has 2 atom stereocenters. The molecule has 0 bridgehead atoms. The molecule has 0 saturated heterocycles. The first-order valence-electron chi connectivity index (χ1n) is 10.9. The van der Waals surface area contributed by atoms with Gasteiger partial charge in [-0.15, -0.1) is 0 Å². The van der Waals surface area contributed by atoms with Crippen molar-refractivity contribution in [3.05, 3.63) is 41.2 Å². The quantitative estimate of drug-likeness (QED) is 0.604. The lowest BCUT2D eigenvalue weighted by molar-refractivity contribution is -0.147. The normalized spacial score (nSPS) is 18.3. The second-order valence-electron chi connectivity index (χ2n) is 8.99. The van der Waals surface area contributed by atoms with Crippen LogP contribution in [0.25, 0.3) is 0 Å². The number of esters is 1. The lowest BCUT2D eigenvalue weighted by Crippen LogP contribution is -2.48. The Bertz CT molecular complexity index is 992. The van der Waals surface area contributed by atoms with Crippen molar-refractivity contribution >= 4 is 11.9 Å². The Morgan fingerprint density at radius 2 is 1.78 bits per heavy atom. The average molecular weight is 444 g/mol. The summed E-state index contributed by atoms with van der Waals surface area (Å²) < 4.78 is 17.6.